The van der Waals surface area contributed by atoms with Gasteiger partial charge < -0.3 is 0 Å². The van der Waals surface area contributed by atoms with Gasteiger partial charge in [-0.15, -0.1) is 11.8 Å². The maximum absolute atomic E-state index is 9.23. The highest BCUT2D eigenvalue weighted by Crippen LogP contribution is 2.24. The molecule has 174 valence electrons. The van der Waals surface area contributed by atoms with Gasteiger partial charge in [0.15, 0.2) is 0 Å². The normalized spacial score (nSPS) is 29.8. The van der Waals surface area contributed by atoms with Crippen LogP contribution in [0.5, 0.6) is 0 Å². The highest BCUT2D eigenvalue weighted by molar-refractivity contribution is 8.02. The first-order chi connectivity index (χ1) is 16.6. The first kappa shape index (κ1) is 27.0. The molecule has 1 atom stereocenters. The van der Waals surface area contributed by atoms with Crippen LogP contribution in [0.25, 0.3) is 0 Å². The van der Waals surface area contributed by atoms with Crippen molar-refractivity contribution in [1.82, 2.24) is 0 Å². The lowest BCUT2D eigenvalue weighted by molar-refractivity contribution is 0.830. The lowest BCUT2D eigenvalue weighted by atomic mass is 9.98. The van der Waals surface area contributed by atoms with Crippen LogP contribution in [0.15, 0.2) is 142 Å². The Morgan fingerprint density at radius 1 is 1.03 bits per heavy atom. The van der Waals surface area contributed by atoms with E-state index >= 15 is 0 Å². The molecule has 0 saturated carbocycles. The van der Waals surface area contributed by atoms with Crippen LogP contribution < -0.4 is 0 Å². The topological polar surface area (TPSA) is 23.8 Å². The van der Waals surface area contributed by atoms with E-state index in [1.165, 1.54) is 16.1 Å². The lowest BCUT2D eigenvalue weighted by Gasteiger charge is -2.08. The number of thioether (sulfide) groups is 1. The molecule has 0 fully saturated rings. The van der Waals surface area contributed by atoms with Crippen LogP contribution in [0.3, 0.4) is 0 Å². The molecule has 0 aromatic carbocycles. The van der Waals surface area contributed by atoms with Gasteiger partial charge in [0.1, 0.15) is 0 Å². The van der Waals surface area contributed by atoms with Crippen molar-refractivity contribution in [3.8, 4) is 6.07 Å². The third kappa shape index (κ3) is 9.30. The van der Waals surface area contributed by atoms with E-state index in [4.69, 9.17) is 0 Å². The summed E-state index contributed by atoms with van der Waals surface area (Å²) < 4.78 is 0. The van der Waals surface area contributed by atoms with Gasteiger partial charge in [-0.3, -0.25) is 0 Å². The molecule has 34 heavy (non-hydrogen) atoms. The molecule has 0 N–H and O–H groups in total. The summed E-state index contributed by atoms with van der Waals surface area (Å²) in [5, 5.41) is 9.23. The fourth-order valence-corrected chi connectivity index (χ4v) is 4.26. The Morgan fingerprint density at radius 2 is 1.85 bits per heavy atom. The maximum atomic E-state index is 9.23. The Labute approximate surface area is 210 Å². The zero-order valence-electron chi connectivity index (χ0n) is 20.7. The highest BCUT2D eigenvalue weighted by Gasteiger charge is 2.03. The largest absolute Gasteiger partial charge is 0.192 e. The third-order valence-corrected chi connectivity index (χ3v) is 6.22. The Kier molecular flexibility index (Phi) is 12.3. The van der Waals surface area contributed by atoms with E-state index in [1.807, 2.05) is 30.4 Å². The van der Waals surface area contributed by atoms with Crippen molar-refractivity contribution in [2.75, 3.05) is 6.26 Å². The van der Waals surface area contributed by atoms with Crippen LogP contribution in [0, 0.1) is 17.2 Å². The van der Waals surface area contributed by atoms with Crippen LogP contribution in [0.2, 0.25) is 0 Å². The summed E-state index contributed by atoms with van der Waals surface area (Å²) in [7, 11) is 0. The van der Waals surface area contributed by atoms with Gasteiger partial charge >= 0.3 is 0 Å². The molecule has 2 aliphatic carbocycles. The van der Waals surface area contributed by atoms with E-state index in [1.54, 1.807) is 11.8 Å². The average molecular weight is 466 g/mol. The second kappa shape index (κ2) is 15.5. The van der Waals surface area contributed by atoms with Crippen LogP contribution in [0.4, 0.5) is 0 Å². The summed E-state index contributed by atoms with van der Waals surface area (Å²) in [5.74, 6) is 0.337. The minimum Gasteiger partial charge on any atom is -0.192 e. The van der Waals surface area contributed by atoms with Crippen molar-refractivity contribution in [2.24, 2.45) is 5.92 Å². The Bertz CT molecular complexity index is 1110. The summed E-state index contributed by atoms with van der Waals surface area (Å²) in [4.78, 5) is 1.33. The number of nitrogens with zero attached hydrogens (tertiary/aromatic N) is 1. The molecule has 0 heterocycles. The summed E-state index contributed by atoms with van der Waals surface area (Å²) in [6.07, 6.45) is 42.0. The van der Waals surface area contributed by atoms with E-state index in [9.17, 15) is 5.26 Å². The van der Waals surface area contributed by atoms with E-state index < -0.39 is 0 Å². The van der Waals surface area contributed by atoms with Crippen LogP contribution in [0.1, 0.15) is 33.6 Å². The predicted octanol–water partition coefficient (Wildman–Crippen LogP) is 9.21. The average Bonchev–Trinajstić information content (AvgIpc) is 2.81. The standard InChI is InChI=1S/C32H35NS/c1-5-13-32(34-4)29(6-2)22-20-27-15-8-7-9-19-31(24-26(3)14-12-17-27)30-18-11-10-16-28(25-33)21-23-30/h5,7-14,16-24,27H,6,15H2,1-4H3/b8-7+,11-10+,13-5-,16-10?,17-12-,18-11?,19-9+,22-20+,23-21?,26-14-,28-16-,28-21?,30-18+,30-23?,31-24+,32-29-. The van der Waals surface area contributed by atoms with Gasteiger partial charge in [0, 0.05) is 4.91 Å². The second-order valence-corrected chi connectivity index (χ2v) is 8.81. The zero-order chi connectivity index (χ0) is 24.6. The van der Waals surface area contributed by atoms with Crippen molar-refractivity contribution < 1.29 is 0 Å². The lowest BCUT2D eigenvalue weighted by Crippen LogP contribution is -1.91. The van der Waals surface area contributed by atoms with Crippen molar-refractivity contribution in [3.05, 3.63) is 142 Å². The fraction of sp³-hybridized carbons (Fsp3) is 0.219. The van der Waals surface area contributed by atoms with Gasteiger partial charge in [-0.2, -0.15) is 5.26 Å². The molecule has 1 unspecified atom stereocenters. The van der Waals surface area contributed by atoms with E-state index in [0.29, 0.717) is 11.5 Å². The monoisotopic (exact) mass is 465 g/mol. The van der Waals surface area contributed by atoms with Gasteiger partial charge in [-0.1, -0.05) is 110 Å². The van der Waals surface area contributed by atoms with Gasteiger partial charge in [0.2, 0.25) is 0 Å². The van der Waals surface area contributed by atoms with E-state index in [-0.39, 0.29) is 0 Å². The first-order valence-electron chi connectivity index (χ1n) is 11.8. The molecular weight excluding hydrogens is 430 g/mol. The minimum atomic E-state index is 0.337. The molecule has 1 nitrogen and oxygen atoms in total. The molecule has 0 radical (unpaired) electrons. The first-order valence-corrected chi connectivity index (χ1v) is 13.0. The smallest absolute Gasteiger partial charge is 0.0991 e. The van der Waals surface area contributed by atoms with E-state index in [2.05, 4.69) is 112 Å². The van der Waals surface area contributed by atoms with Crippen LogP contribution >= 0.6 is 11.8 Å². The second-order valence-electron chi connectivity index (χ2n) is 7.96. The molecule has 0 bridgehead atoms. The zero-order valence-corrected chi connectivity index (χ0v) is 21.6. The molecule has 0 amide bonds. The molecule has 0 spiro atoms. The molecule has 0 aliphatic heterocycles. The Balaban J connectivity index is 2.31. The van der Waals surface area contributed by atoms with Crippen LogP contribution in [-0.4, -0.2) is 6.26 Å². The van der Waals surface area contributed by atoms with Gasteiger partial charge in [-0.05, 0) is 67.7 Å². The van der Waals surface area contributed by atoms with Gasteiger partial charge in [-0.25, -0.2) is 0 Å². The van der Waals surface area contributed by atoms with Crippen molar-refractivity contribution >= 4 is 11.8 Å². The molecule has 0 aromatic heterocycles. The number of rotatable bonds is 6. The minimum absolute atomic E-state index is 0.337. The van der Waals surface area contributed by atoms with Crippen molar-refractivity contribution in [2.45, 2.75) is 33.6 Å². The molecule has 0 saturated heterocycles. The van der Waals surface area contributed by atoms with Crippen molar-refractivity contribution in [1.29, 1.82) is 5.26 Å². The molecule has 2 aliphatic rings. The predicted molar refractivity (Wildman–Crippen MR) is 152 cm³/mol. The summed E-state index contributed by atoms with van der Waals surface area (Å²) in [6.45, 7) is 6.40. The number of allylic oxidation sites excluding steroid dienone is 23. The number of hydrogen-bond donors (Lipinski definition) is 0. The molecule has 0 aromatic rings. The molecular formula is C32H35NS. The van der Waals surface area contributed by atoms with Crippen LogP contribution in [-0.2, 0) is 0 Å². The summed E-state index contributed by atoms with van der Waals surface area (Å²) in [6, 6.07) is 2.21. The SMILES string of the molecule is C\C=C/C(SC)=C(/C=C/C1/C=C\C=C(C)/C=C(/C2=C/C=C/C=C(\C#N)C=C2)\C=C\C=C\C1)CC. The quantitative estimate of drug-likeness (QED) is 0.365. The number of hydrogen-bond acceptors (Lipinski definition) is 2. The molecule has 2 heteroatoms. The Hall–Kier alpha value is -3.28. The molecule has 2 rings (SSSR count). The van der Waals surface area contributed by atoms with Gasteiger partial charge in [0.05, 0.1) is 11.6 Å². The fourth-order valence-electron chi connectivity index (χ4n) is 3.51. The third-order valence-electron chi connectivity index (χ3n) is 5.38. The maximum Gasteiger partial charge on any atom is 0.0991 e. The highest BCUT2D eigenvalue weighted by atomic mass is 32.2. The van der Waals surface area contributed by atoms with Gasteiger partial charge in [0.25, 0.3) is 0 Å². The van der Waals surface area contributed by atoms with Crippen molar-refractivity contribution in [3.63, 3.8) is 0 Å². The summed E-state index contributed by atoms with van der Waals surface area (Å²) in [5.41, 5.74) is 5.37. The number of nitriles is 1. The summed E-state index contributed by atoms with van der Waals surface area (Å²) >= 11 is 1.80. The van der Waals surface area contributed by atoms with E-state index in [0.717, 1.165) is 24.0 Å². The Morgan fingerprint density at radius 3 is 2.59 bits per heavy atom.